The molecule has 0 unspecified atom stereocenters. The lowest BCUT2D eigenvalue weighted by Crippen LogP contribution is -2.49. The summed E-state index contributed by atoms with van der Waals surface area (Å²) in [5, 5.41) is 18.7. The Balaban J connectivity index is 1.43. The van der Waals surface area contributed by atoms with Crippen molar-refractivity contribution >= 4 is 57.3 Å². The quantitative estimate of drug-likeness (QED) is 0.191. The molecule has 230 valence electrons. The fraction of sp³-hybridized carbons (Fsp3) is 0.294. The zero-order chi connectivity index (χ0) is 31.4. The van der Waals surface area contributed by atoms with E-state index in [0.29, 0.717) is 52.4 Å². The third kappa shape index (κ3) is 7.11. The highest BCUT2D eigenvalue weighted by atomic mass is 35.5. The van der Waals surface area contributed by atoms with Crippen molar-refractivity contribution in [3.63, 3.8) is 0 Å². The topological polar surface area (TPSA) is 94.1 Å². The van der Waals surface area contributed by atoms with E-state index in [1.165, 1.54) is 0 Å². The van der Waals surface area contributed by atoms with Gasteiger partial charge in [0.1, 0.15) is 6.10 Å². The maximum absolute atomic E-state index is 13.8. The van der Waals surface area contributed by atoms with Crippen LogP contribution < -0.4 is 15.4 Å². The summed E-state index contributed by atoms with van der Waals surface area (Å²) in [6.45, 7) is 5.17. The lowest BCUT2D eigenvalue weighted by atomic mass is 9.99. The van der Waals surface area contributed by atoms with E-state index in [0.717, 1.165) is 16.3 Å². The largest absolute Gasteiger partial charge is 0.486 e. The molecule has 10 heteroatoms. The number of benzene rings is 4. The van der Waals surface area contributed by atoms with Crippen LogP contribution in [0.4, 0.5) is 16.2 Å². The first kappa shape index (κ1) is 31.6. The molecule has 4 aromatic rings. The highest BCUT2D eigenvalue weighted by molar-refractivity contribution is 6.42. The van der Waals surface area contributed by atoms with Crippen LogP contribution in [0.1, 0.15) is 29.8 Å². The van der Waals surface area contributed by atoms with Gasteiger partial charge in [0.25, 0.3) is 5.91 Å². The molecule has 1 heterocycles. The third-order valence-corrected chi connectivity index (χ3v) is 8.64. The molecule has 0 aliphatic carbocycles. The summed E-state index contributed by atoms with van der Waals surface area (Å²) < 4.78 is 6.64. The number of ether oxygens (including phenoxy) is 1. The molecule has 0 spiro atoms. The van der Waals surface area contributed by atoms with Gasteiger partial charge in [-0.05, 0) is 55.3 Å². The van der Waals surface area contributed by atoms with E-state index >= 15 is 0 Å². The zero-order valence-electron chi connectivity index (χ0n) is 24.9. The second-order valence-corrected chi connectivity index (χ2v) is 12.2. The monoisotopic (exact) mass is 634 g/mol. The number of carbonyl (C=O) groups is 2. The number of anilines is 2. The molecule has 3 atom stereocenters. The number of carbonyl (C=O) groups excluding carboxylic acids is 2. The molecule has 5 rings (SSSR count). The average molecular weight is 636 g/mol. The number of hydrogen-bond acceptors (Lipinski definition) is 5. The number of aliphatic hydroxyl groups excluding tert-OH is 1. The first-order valence-corrected chi connectivity index (χ1v) is 15.3. The van der Waals surface area contributed by atoms with Gasteiger partial charge in [-0.1, -0.05) is 78.7 Å². The minimum Gasteiger partial charge on any atom is -0.486 e. The molecular weight excluding hydrogens is 599 g/mol. The number of fused-ring (bicyclic) bond motifs is 2. The van der Waals surface area contributed by atoms with Crippen molar-refractivity contribution in [2.75, 3.05) is 37.4 Å². The number of hydrogen-bond donors (Lipinski definition) is 3. The number of aliphatic hydroxyl groups is 1. The van der Waals surface area contributed by atoms with E-state index < -0.39 is 12.1 Å². The summed E-state index contributed by atoms with van der Waals surface area (Å²) in [5.74, 6) is -0.0794. The summed E-state index contributed by atoms with van der Waals surface area (Å²) in [6, 6.07) is 23.3. The Morgan fingerprint density at radius 1 is 1.02 bits per heavy atom. The summed E-state index contributed by atoms with van der Waals surface area (Å²) in [6.07, 6.45) is -0.355. The van der Waals surface area contributed by atoms with Crippen molar-refractivity contribution in [2.24, 2.45) is 5.92 Å². The summed E-state index contributed by atoms with van der Waals surface area (Å²) in [7, 11) is 1.99. The van der Waals surface area contributed by atoms with Gasteiger partial charge >= 0.3 is 6.03 Å². The minimum atomic E-state index is -0.463. The molecule has 0 saturated heterocycles. The molecule has 3 N–H and O–H groups in total. The Labute approximate surface area is 267 Å². The fourth-order valence-corrected chi connectivity index (χ4v) is 5.81. The Morgan fingerprint density at radius 3 is 2.50 bits per heavy atom. The van der Waals surface area contributed by atoms with E-state index in [1.54, 1.807) is 29.2 Å². The Bertz CT molecular complexity index is 1660. The zero-order valence-corrected chi connectivity index (χ0v) is 26.4. The highest BCUT2D eigenvalue weighted by Gasteiger charge is 2.34. The molecule has 8 nitrogen and oxygen atoms in total. The van der Waals surface area contributed by atoms with Gasteiger partial charge in [-0.2, -0.15) is 0 Å². The smallest absolute Gasteiger partial charge is 0.323 e. The van der Waals surface area contributed by atoms with Crippen LogP contribution in [-0.4, -0.2) is 65.7 Å². The molecular formula is C34H36Cl2N4O4. The molecule has 1 aliphatic heterocycles. The molecule has 1 aliphatic rings. The van der Waals surface area contributed by atoms with Crippen LogP contribution in [0.25, 0.3) is 10.8 Å². The lowest BCUT2D eigenvalue weighted by Gasteiger charge is -2.38. The molecule has 3 amide bonds. The Hall–Kier alpha value is -3.82. The van der Waals surface area contributed by atoms with Crippen LogP contribution in [0.2, 0.25) is 10.0 Å². The van der Waals surface area contributed by atoms with Gasteiger partial charge in [0, 0.05) is 30.9 Å². The van der Waals surface area contributed by atoms with Gasteiger partial charge in [0.05, 0.1) is 39.6 Å². The molecule has 0 aromatic heterocycles. The van der Waals surface area contributed by atoms with Gasteiger partial charge in [-0.3, -0.25) is 9.69 Å². The van der Waals surface area contributed by atoms with Crippen LogP contribution in [0.3, 0.4) is 0 Å². The van der Waals surface area contributed by atoms with Gasteiger partial charge in [-0.15, -0.1) is 0 Å². The number of para-hydroxylation sites is 1. The predicted octanol–water partition coefficient (Wildman–Crippen LogP) is 7.14. The van der Waals surface area contributed by atoms with Crippen molar-refractivity contribution in [3.05, 3.63) is 100 Å². The van der Waals surface area contributed by atoms with Gasteiger partial charge < -0.3 is 25.4 Å². The van der Waals surface area contributed by atoms with Crippen molar-refractivity contribution in [3.8, 4) is 5.75 Å². The molecule has 44 heavy (non-hydrogen) atoms. The summed E-state index contributed by atoms with van der Waals surface area (Å²) in [4.78, 5) is 30.9. The van der Waals surface area contributed by atoms with Crippen LogP contribution in [0.5, 0.6) is 5.75 Å². The van der Waals surface area contributed by atoms with E-state index in [1.807, 2.05) is 75.5 Å². The molecule has 4 aromatic carbocycles. The number of nitrogens with zero attached hydrogens (tertiary/aromatic N) is 2. The second kappa shape index (κ2) is 13.9. The normalized spacial score (nSPS) is 17.4. The predicted molar refractivity (Wildman–Crippen MR) is 177 cm³/mol. The average Bonchev–Trinajstić information content (AvgIpc) is 3.01. The number of amides is 3. The molecule has 0 fully saturated rings. The maximum atomic E-state index is 13.8. The van der Waals surface area contributed by atoms with E-state index in [-0.39, 0.29) is 24.5 Å². The molecule has 0 bridgehead atoms. The summed E-state index contributed by atoms with van der Waals surface area (Å²) >= 11 is 12.4. The van der Waals surface area contributed by atoms with Crippen LogP contribution in [0.15, 0.2) is 78.9 Å². The number of nitrogens with one attached hydrogen (secondary N) is 2. The SMILES string of the molecule is C[C@@H]1CN([C@@H](C)CO)C(=O)c2cccc(NC(=O)Nc3cccc4ccccc34)c2O[C@@H]1CN(C)Cc1ccc(Cl)c(Cl)c1. The number of rotatable bonds is 8. The number of urea groups is 1. The number of halogens is 2. The van der Waals surface area contributed by atoms with E-state index in [9.17, 15) is 14.7 Å². The standard InChI is InChI=1S/C34H36Cl2N4O4/c1-21-17-40(22(2)20-41)33(42)26-11-7-13-30(38-34(43)37-29-12-6-9-24-8-4-5-10-25(24)29)32(26)44-31(21)19-39(3)18-23-14-15-27(35)28(36)16-23/h4-16,21-22,31,41H,17-20H2,1-3H3,(H2,37,38,43)/t21-,22+,31-/m1/s1. The maximum Gasteiger partial charge on any atom is 0.323 e. The van der Waals surface area contributed by atoms with Crippen molar-refractivity contribution < 1.29 is 19.4 Å². The fourth-order valence-electron chi connectivity index (χ4n) is 5.49. The first-order valence-electron chi connectivity index (χ1n) is 14.5. The minimum absolute atomic E-state index is 0.102. The van der Waals surface area contributed by atoms with Crippen molar-refractivity contribution in [1.82, 2.24) is 9.80 Å². The summed E-state index contributed by atoms with van der Waals surface area (Å²) in [5.41, 5.74) is 2.35. The van der Waals surface area contributed by atoms with Gasteiger partial charge in [0.2, 0.25) is 0 Å². The van der Waals surface area contributed by atoms with Gasteiger partial charge in [0.15, 0.2) is 5.75 Å². The second-order valence-electron chi connectivity index (χ2n) is 11.4. The van der Waals surface area contributed by atoms with Gasteiger partial charge in [-0.25, -0.2) is 4.79 Å². The lowest BCUT2D eigenvalue weighted by molar-refractivity contribution is 0.0343. The first-order chi connectivity index (χ1) is 21.1. The number of likely N-dealkylation sites (N-methyl/N-ethyl adjacent to an activating group) is 1. The van der Waals surface area contributed by atoms with Crippen LogP contribution in [-0.2, 0) is 6.54 Å². The third-order valence-electron chi connectivity index (χ3n) is 7.91. The molecule has 0 saturated carbocycles. The van der Waals surface area contributed by atoms with E-state index in [4.69, 9.17) is 27.9 Å². The van der Waals surface area contributed by atoms with Crippen LogP contribution in [0, 0.1) is 5.92 Å². The van der Waals surface area contributed by atoms with E-state index in [2.05, 4.69) is 15.5 Å². The molecule has 0 radical (unpaired) electrons. The van der Waals surface area contributed by atoms with Crippen LogP contribution >= 0.6 is 23.2 Å². The van der Waals surface area contributed by atoms with Crippen molar-refractivity contribution in [2.45, 2.75) is 32.5 Å². The Kier molecular flexibility index (Phi) is 9.96. The Morgan fingerprint density at radius 2 is 1.73 bits per heavy atom. The van der Waals surface area contributed by atoms with Crippen molar-refractivity contribution in [1.29, 1.82) is 0 Å². The highest BCUT2D eigenvalue weighted by Crippen LogP contribution is 2.35.